The molecular formula is C14H28N2. The lowest BCUT2D eigenvalue weighted by molar-refractivity contribution is 0.163. The van der Waals surface area contributed by atoms with Gasteiger partial charge in [-0.15, -0.1) is 0 Å². The van der Waals surface area contributed by atoms with Crippen LogP contribution in [0.2, 0.25) is 0 Å². The van der Waals surface area contributed by atoms with E-state index in [4.69, 9.17) is 0 Å². The Morgan fingerprint density at radius 2 is 2.19 bits per heavy atom. The van der Waals surface area contributed by atoms with Crippen molar-refractivity contribution in [1.82, 2.24) is 10.2 Å². The first-order valence-corrected chi connectivity index (χ1v) is 6.75. The third-order valence-electron chi connectivity index (χ3n) is 3.49. The van der Waals surface area contributed by atoms with E-state index in [0.29, 0.717) is 6.04 Å². The standard InChI is InChI=1S/C14H28N2/c1-5-8-15-11-14(12(2)3)16-9-6-13(4)7-10-16/h6,12,14-15H,5,7-11H2,1-4H3. The molecule has 1 aliphatic rings. The average Bonchev–Trinajstić information content (AvgIpc) is 2.26. The van der Waals surface area contributed by atoms with Gasteiger partial charge in [-0.3, -0.25) is 4.90 Å². The van der Waals surface area contributed by atoms with Gasteiger partial charge in [0.1, 0.15) is 0 Å². The fraction of sp³-hybridized carbons (Fsp3) is 0.857. The predicted octanol–water partition coefficient (Wildman–Crippen LogP) is 2.66. The smallest absolute Gasteiger partial charge is 0.0247 e. The van der Waals surface area contributed by atoms with Crippen molar-refractivity contribution in [2.75, 3.05) is 26.2 Å². The van der Waals surface area contributed by atoms with Gasteiger partial charge >= 0.3 is 0 Å². The van der Waals surface area contributed by atoms with Gasteiger partial charge in [0, 0.05) is 25.7 Å². The molecule has 1 unspecified atom stereocenters. The van der Waals surface area contributed by atoms with Crippen LogP contribution in [0.5, 0.6) is 0 Å². The van der Waals surface area contributed by atoms with Gasteiger partial charge in [-0.2, -0.15) is 0 Å². The zero-order valence-corrected chi connectivity index (χ0v) is 11.4. The van der Waals surface area contributed by atoms with Crippen LogP contribution in [0.4, 0.5) is 0 Å². The minimum atomic E-state index is 0.691. The highest BCUT2D eigenvalue weighted by Crippen LogP contribution is 2.16. The largest absolute Gasteiger partial charge is 0.315 e. The van der Waals surface area contributed by atoms with Crippen LogP contribution in [0.3, 0.4) is 0 Å². The van der Waals surface area contributed by atoms with Crippen LogP contribution in [-0.2, 0) is 0 Å². The molecule has 1 rings (SSSR count). The van der Waals surface area contributed by atoms with Gasteiger partial charge in [0.05, 0.1) is 0 Å². The Kier molecular flexibility index (Phi) is 6.07. The monoisotopic (exact) mass is 224 g/mol. The van der Waals surface area contributed by atoms with E-state index in [1.807, 2.05) is 0 Å². The molecule has 2 nitrogen and oxygen atoms in total. The third kappa shape index (κ3) is 4.26. The zero-order chi connectivity index (χ0) is 12.0. The molecule has 1 aliphatic heterocycles. The van der Waals surface area contributed by atoms with E-state index in [-0.39, 0.29) is 0 Å². The topological polar surface area (TPSA) is 15.3 Å². The first kappa shape index (κ1) is 13.7. The van der Waals surface area contributed by atoms with Crippen molar-refractivity contribution in [2.45, 2.75) is 46.6 Å². The van der Waals surface area contributed by atoms with Gasteiger partial charge in [0.15, 0.2) is 0 Å². The quantitative estimate of drug-likeness (QED) is 0.551. The number of hydrogen-bond acceptors (Lipinski definition) is 2. The lowest BCUT2D eigenvalue weighted by Crippen LogP contribution is -2.47. The SMILES string of the molecule is CCCNCC(C(C)C)N1CC=C(C)CC1. The van der Waals surface area contributed by atoms with Gasteiger partial charge in [-0.25, -0.2) is 0 Å². The molecule has 0 saturated carbocycles. The van der Waals surface area contributed by atoms with Crippen molar-refractivity contribution < 1.29 is 0 Å². The van der Waals surface area contributed by atoms with E-state index in [0.717, 1.165) is 25.6 Å². The average molecular weight is 224 g/mol. The highest BCUT2D eigenvalue weighted by Gasteiger charge is 2.22. The van der Waals surface area contributed by atoms with E-state index in [1.54, 1.807) is 5.57 Å². The normalized spacial score (nSPS) is 19.9. The molecule has 1 N–H and O–H groups in total. The summed E-state index contributed by atoms with van der Waals surface area (Å²) in [5.41, 5.74) is 1.56. The van der Waals surface area contributed by atoms with Crippen LogP contribution >= 0.6 is 0 Å². The van der Waals surface area contributed by atoms with Crippen molar-refractivity contribution >= 4 is 0 Å². The third-order valence-corrected chi connectivity index (χ3v) is 3.49. The Hall–Kier alpha value is -0.340. The molecule has 0 aromatic heterocycles. The van der Waals surface area contributed by atoms with Crippen LogP contribution in [0.1, 0.15) is 40.5 Å². The van der Waals surface area contributed by atoms with E-state index < -0.39 is 0 Å². The summed E-state index contributed by atoms with van der Waals surface area (Å²) < 4.78 is 0. The maximum atomic E-state index is 3.56. The van der Waals surface area contributed by atoms with E-state index in [2.05, 4.69) is 44.0 Å². The minimum absolute atomic E-state index is 0.691. The molecule has 0 aliphatic carbocycles. The molecular weight excluding hydrogens is 196 g/mol. The highest BCUT2D eigenvalue weighted by atomic mass is 15.2. The molecule has 1 atom stereocenters. The van der Waals surface area contributed by atoms with Crippen molar-refractivity contribution in [3.63, 3.8) is 0 Å². The van der Waals surface area contributed by atoms with Crippen molar-refractivity contribution in [2.24, 2.45) is 5.92 Å². The molecule has 0 saturated heterocycles. The summed E-state index contributed by atoms with van der Waals surface area (Å²) >= 11 is 0. The predicted molar refractivity (Wildman–Crippen MR) is 71.7 cm³/mol. The van der Waals surface area contributed by atoms with Crippen LogP contribution in [0.15, 0.2) is 11.6 Å². The molecule has 0 bridgehead atoms. The minimum Gasteiger partial charge on any atom is -0.315 e. The second-order valence-corrected chi connectivity index (χ2v) is 5.31. The Balaban J connectivity index is 2.43. The van der Waals surface area contributed by atoms with Crippen LogP contribution in [0, 0.1) is 5.92 Å². The number of hydrogen-bond donors (Lipinski definition) is 1. The van der Waals surface area contributed by atoms with E-state index in [1.165, 1.54) is 19.4 Å². The molecule has 0 radical (unpaired) electrons. The summed E-state index contributed by atoms with van der Waals surface area (Å²) in [4.78, 5) is 2.63. The summed E-state index contributed by atoms with van der Waals surface area (Å²) in [6, 6.07) is 0.691. The lowest BCUT2D eigenvalue weighted by atomic mass is 9.99. The molecule has 0 spiro atoms. The molecule has 0 amide bonds. The molecule has 0 aromatic rings. The van der Waals surface area contributed by atoms with Gasteiger partial charge in [0.25, 0.3) is 0 Å². The Morgan fingerprint density at radius 1 is 1.44 bits per heavy atom. The maximum Gasteiger partial charge on any atom is 0.0247 e. The first-order chi connectivity index (χ1) is 7.65. The Labute approximate surface area is 101 Å². The molecule has 2 heteroatoms. The second kappa shape index (κ2) is 7.08. The Morgan fingerprint density at radius 3 is 2.69 bits per heavy atom. The van der Waals surface area contributed by atoms with Crippen LogP contribution in [-0.4, -0.2) is 37.1 Å². The lowest BCUT2D eigenvalue weighted by Gasteiger charge is -2.36. The Bertz CT molecular complexity index is 221. The molecule has 0 aromatic carbocycles. The van der Waals surface area contributed by atoms with Crippen molar-refractivity contribution in [3.8, 4) is 0 Å². The fourth-order valence-corrected chi connectivity index (χ4v) is 2.30. The summed E-state index contributed by atoms with van der Waals surface area (Å²) in [5, 5.41) is 3.56. The summed E-state index contributed by atoms with van der Waals surface area (Å²) in [6.07, 6.45) is 4.86. The zero-order valence-electron chi connectivity index (χ0n) is 11.4. The van der Waals surface area contributed by atoms with Crippen molar-refractivity contribution in [1.29, 1.82) is 0 Å². The van der Waals surface area contributed by atoms with Gasteiger partial charge in [-0.1, -0.05) is 32.4 Å². The van der Waals surface area contributed by atoms with Gasteiger partial charge in [0.2, 0.25) is 0 Å². The fourth-order valence-electron chi connectivity index (χ4n) is 2.30. The van der Waals surface area contributed by atoms with E-state index in [9.17, 15) is 0 Å². The maximum absolute atomic E-state index is 3.56. The second-order valence-electron chi connectivity index (χ2n) is 5.31. The summed E-state index contributed by atoms with van der Waals surface area (Å²) in [7, 11) is 0. The van der Waals surface area contributed by atoms with Gasteiger partial charge in [-0.05, 0) is 32.2 Å². The highest BCUT2D eigenvalue weighted by molar-refractivity contribution is 5.04. The molecule has 1 heterocycles. The van der Waals surface area contributed by atoms with Crippen molar-refractivity contribution in [3.05, 3.63) is 11.6 Å². The molecule has 0 fully saturated rings. The molecule has 16 heavy (non-hydrogen) atoms. The number of rotatable bonds is 6. The van der Waals surface area contributed by atoms with Crippen LogP contribution in [0.25, 0.3) is 0 Å². The van der Waals surface area contributed by atoms with Crippen LogP contribution < -0.4 is 5.32 Å². The number of nitrogens with zero attached hydrogens (tertiary/aromatic N) is 1. The van der Waals surface area contributed by atoms with E-state index >= 15 is 0 Å². The van der Waals surface area contributed by atoms with Gasteiger partial charge < -0.3 is 5.32 Å². The summed E-state index contributed by atoms with van der Waals surface area (Å²) in [6.45, 7) is 13.8. The number of nitrogens with one attached hydrogen (secondary N) is 1. The first-order valence-electron chi connectivity index (χ1n) is 6.75. The summed E-state index contributed by atoms with van der Waals surface area (Å²) in [5.74, 6) is 0.733. The molecule has 94 valence electrons.